The minimum absolute atomic E-state index is 0.298. The van der Waals surface area contributed by atoms with Crippen molar-refractivity contribution < 1.29 is 17.9 Å². The number of hydrogen-bond donors (Lipinski definition) is 0. The number of halogens is 3. The first-order chi connectivity index (χ1) is 18.7. The van der Waals surface area contributed by atoms with Crippen LogP contribution in [0.15, 0.2) is 77.2 Å². The summed E-state index contributed by atoms with van der Waals surface area (Å²) in [6.07, 6.45) is -1.52. The van der Waals surface area contributed by atoms with Crippen LogP contribution in [0.1, 0.15) is 22.3 Å². The summed E-state index contributed by atoms with van der Waals surface area (Å²) in [4.78, 5) is 6.55. The first-order valence-electron chi connectivity index (χ1n) is 12.1. The highest BCUT2D eigenvalue weighted by atomic mass is 32.2. The quantitative estimate of drug-likeness (QED) is 0.197. The molecule has 1 aliphatic rings. The van der Waals surface area contributed by atoms with Crippen molar-refractivity contribution in [2.45, 2.75) is 27.1 Å². The van der Waals surface area contributed by atoms with E-state index in [4.69, 9.17) is 0 Å². The lowest BCUT2D eigenvalue weighted by Gasteiger charge is -2.22. The van der Waals surface area contributed by atoms with Crippen molar-refractivity contribution in [1.29, 1.82) is 0 Å². The van der Waals surface area contributed by atoms with Crippen molar-refractivity contribution in [3.63, 3.8) is 0 Å². The van der Waals surface area contributed by atoms with E-state index >= 15 is 0 Å². The molecule has 1 saturated heterocycles. The number of aromatic nitrogens is 3. The monoisotopic (exact) mass is 550 g/mol. The standard InChI is InChI=1S/C28H25F3N6OS/c1-18-14-19(2)25(20(3)15-18)36-12-13-39-27(36)34-33-16-21-4-6-22(7-5-21)26-32-17-37(35-26)23-8-10-24(11-9-23)38-28(29,30)31/h4-11,14-17H,12-13H2,1-3H3/b33-16+,34-27-. The Labute approximate surface area is 228 Å². The fraction of sp³-hybridized carbons (Fsp3) is 0.214. The Morgan fingerprint density at radius 2 is 1.67 bits per heavy atom. The Balaban J connectivity index is 1.26. The molecule has 1 aromatic heterocycles. The van der Waals surface area contributed by atoms with E-state index in [9.17, 15) is 13.2 Å². The highest BCUT2D eigenvalue weighted by molar-refractivity contribution is 8.14. The van der Waals surface area contributed by atoms with Gasteiger partial charge >= 0.3 is 6.36 Å². The number of anilines is 1. The van der Waals surface area contributed by atoms with E-state index in [1.54, 1.807) is 18.0 Å². The molecule has 0 unspecified atom stereocenters. The fourth-order valence-electron chi connectivity index (χ4n) is 4.47. The van der Waals surface area contributed by atoms with Crippen LogP contribution in [0.4, 0.5) is 18.9 Å². The lowest BCUT2D eigenvalue weighted by molar-refractivity contribution is -0.274. The Morgan fingerprint density at radius 1 is 0.974 bits per heavy atom. The number of amidine groups is 1. The third kappa shape index (κ3) is 6.31. The largest absolute Gasteiger partial charge is 0.573 e. The van der Waals surface area contributed by atoms with Gasteiger partial charge in [-0.2, -0.15) is 5.10 Å². The van der Waals surface area contributed by atoms with Crippen molar-refractivity contribution in [3.05, 3.63) is 89.2 Å². The Bertz CT molecular complexity index is 1510. The van der Waals surface area contributed by atoms with Gasteiger partial charge in [-0.05, 0) is 61.7 Å². The van der Waals surface area contributed by atoms with Crippen LogP contribution in [0.3, 0.4) is 0 Å². The maximum absolute atomic E-state index is 12.4. The summed E-state index contributed by atoms with van der Waals surface area (Å²) in [6, 6.07) is 17.4. The van der Waals surface area contributed by atoms with Crippen LogP contribution in [0, 0.1) is 20.8 Å². The summed E-state index contributed by atoms with van der Waals surface area (Å²) >= 11 is 1.69. The van der Waals surface area contributed by atoms with E-state index in [2.05, 4.69) is 62.8 Å². The molecule has 11 heteroatoms. The first-order valence-corrected chi connectivity index (χ1v) is 13.1. The molecule has 4 aromatic rings. The fourth-order valence-corrected chi connectivity index (χ4v) is 5.37. The number of ether oxygens (including phenoxy) is 1. The number of hydrogen-bond acceptors (Lipinski definition) is 6. The lowest BCUT2D eigenvalue weighted by atomic mass is 10.0. The average Bonchev–Trinajstić information content (AvgIpc) is 3.54. The number of aryl methyl sites for hydroxylation is 3. The summed E-state index contributed by atoms with van der Waals surface area (Å²) < 4.78 is 42.5. The van der Waals surface area contributed by atoms with Crippen LogP contribution in [0.2, 0.25) is 0 Å². The Hall–Kier alpha value is -4.12. The molecule has 0 spiro atoms. The third-order valence-electron chi connectivity index (χ3n) is 6.03. The molecular formula is C28H25F3N6OS. The molecule has 0 N–H and O–H groups in total. The lowest BCUT2D eigenvalue weighted by Crippen LogP contribution is -2.25. The first kappa shape index (κ1) is 26.5. The van der Waals surface area contributed by atoms with E-state index < -0.39 is 6.36 Å². The second-order valence-electron chi connectivity index (χ2n) is 9.05. The molecule has 0 bridgehead atoms. The minimum Gasteiger partial charge on any atom is -0.406 e. The second-order valence-corrected chi connectivity index (χ2v) is 10.1. The Morgan fingerprint density at radius 3 is 2.33 bits per heavy atom. The molecule has 1 aliphatic heterocycles. The molecular weight excluding hydrogens is 525 g/mol. The van der Waals surface area contributed by atoms with Crippen molar-refractivity contribution in [2.75, 3.05) is 17.2 Å². The van der Waals surface area contributed by atoms with E-state index in [1.807, 2.05) is 24.3 Å². The molecule has 1 fully saturated rings. The number of benzene rings is 3. The van der Waals surface area contributed by atoms with Gasteiger partial charge in [-0.15, -0.1) is 23.4 Å². The predicted molar refractivity (Wildman–Crippen MR) is 149 cm³/mol. The van der Waals surface area contributed by atoms with Crippen LogP contribution in [-0.4, -0.2) is 44.8 Å². The summed E-state index contributed by atoms with van der Waals surface area (Å²) in [7, 11) is 0. The van der Waals surface area contributed by atoms with Gasteiger partial charge in [0, 0.05) is 23.5 Å². The summed E-state index contributed by atoms with van der Waals surface area (Å²) in [6.45, 7) is 7.25. The second kappa shape index (κ2) is 10.9. The van der Waals surface area contributed by atoms with Crippen molar-refractivity contribution in [3.8, 4) is 22.8 Å². The van der Waals surface area contributed by atoms with Gasteiger partial charge in [0.1, 0.15) is 12.1 Å². The van der Waals surface area contributed by atoms with Crippen molar-refractivity contribution in [2.24, 2.45) is 10.2 Å². The summed E-state index contributed by atoms with van der Waals surface area (Å²) in [5.41, 5.74) is 7.12. The molecule has 3 aromatic carbocycles. The molecule has 200 valence electrons. The van der Waals surface area contributed by atoms with Crippen LogP contribution in [0.5, 0.6) is 5.75 Å². The topological polar surface area (TPSA) is 67.9 Å². The smallest absolute Gasteiger partial charge is 0.406 e. The third-order valence-corrected chi connectivity index (χ3v) is 6.97. The summed E-state index contributed by atoms with van der Waals surface area (Å²) in [5, 5.41) is 14.2. The number of nitrogens with zero attached hydrogens (tertiary/aromatic N) is 6. The zero-order valence-electron chi connectivity index (χ0n) is 21.5. The molecule has 5 rings (SSSR count). The van der Waals surface area contributed by atoms with Gasteiger partial charge in [0.2, 0.25) is 0 Å². The van der Waals surface area contributed by atoms with E-state index in [0.29, 0.717) is 11.5 Å². The van der Waals surface area contributed by atoms with Gasteiger partial charge in [-0.1, -0.05) is 53.7 Å². The number of alkyl halides is 3. The van der Waals surface area contributed by atoms with E-state index in [-0.39, 0.29) is 5.75 Å². The molecule has 0 amide bonds. The molecule has 0 atom stereocenters. The van der Waals surface area contributed by atoms with Gasteiger partial charge in [0.15, 0.2) is 11.0 Å². The maximum Gasteiger partial charge on any atom is 0.573 e. The highest BCUT2D eigenvalue weighted by Crippen LogP contribution is 2.32. The zero-order chi connectivity index (χ0) is 27.6. The van der Waals surface area contributed by atoms with Gasteiger partial charge in [-0.25, -0.2) is 9.67 Å². The van der Waals surface area contributed by atoms with Crippen LogP contribution >= 0.6 is 11.8 Å². The number of thioether (sulfide) groups is 1. The van der Waals surface area contributed by atoms with E-state index in [0.717, 1.165) is 28.6 Å². The van der Waals surface area contributed by atoms with Crippen molar-refractivity contribution in [1.82, 2.24) is 14.8 Å². The average molecular weight is 551 g/mol. The molecule has 2 heterocycles. The predicted octanol–water partition coefficient (Wildman–Crippen LogP) is 6.70. The van der Waals surface area contributed by atoms with Crippen LogP contribution in [0.25, 0.3) is 17.1 Å². The van der Waals surface area contributed by atoms with Crippen LogP contribution in [-0.2, 0) is 0 Å². The van der Waals surface area contributed by atoms with Gasteiger partial charge < -0.3 is 9.64 Å². The van der Waals surface area contributed by atoms with Gasteiger partial charge in [0.25, 0.3) is 0 Å². The molecule has 0 aliphatic carbocycles. The molecule has 0 radical (unpaired) electrons. The normalized spacial score (nSPS) is 15.0. The van der Waals surface area contributed by atoms with E-state index in [1.165, 1.54) is 57.7 Å². The van der Waals surface area contributed by atoms with Gasteiger partial charge in [0.05, 0.1) is 11.9 Å². The number of rotatable bonds is 6. The van der Waals surface area contributed by atoms with Gasteiger partial charge in [-0.3, -0.25) is 0 Å². The van der Waals surface area contributed by atoms with Crippen LogP contribution < -0.4 is 9.64 Å². The Kier molecular flexibility index (Phi) is 7.42. The highest BCUT2D eigenvalue weighted by Gasteiger charge is 2.31. The zero-order valence-corrected chi connectivity index (χ0v) is 22.3. The van der Waals surface area contributed by atoms with Crippen molar-refractivity contribution >= 4 is 28.8 Å². The molecule has 7 nitrogen and oxygen atoms in total. The SMILES string of the molecule is Cc1cc(C)c(N2CCS/C2=N\N=C\c2ccc(-c3ncn(-c4ccc(OC(F)(F)F)cc4)n3)cc2)c(C)c1. The molecule has 39 heavy (non-hydrogen) atoms. The molecule has 0 saturated carbocycles. The minimum atomic E-state index is -4.73. The maximum atomic E-state index is 12.4. The summed E-state index contributed by atoms with van der Waals surface area (Å²) in [5.74, 6) is 1.14.